The van der Waals surface area contributed by atoms with Crippen LogP contribution in [0.1, 0.15) is 23.0 Å². The number of rotatable bonds is 5. The molecule has 8 nitrogen and oxygen atoms in total. The largest absolute Gasteiger partial charge is 0.497 e. The molecule has 0 spiro atoms. The minimum Gasteiger partial charge on any atom is -0.497 e. The van der Waals surface area contributed by atoms with Crippen LogP contribution in [0, 0.1) is 0 Å². The summed E-state index contributed by atoms with van der Waals surface area (Å²) in [6.45, 7) is 0. The molecule has 0 radical (unpaired) electrons. The smallest absolute Gasteiger partial charge is 0.277 e. The summed E-state index contributed by atoms with van der Waals surface area (Å²) in [7, 11) is -1.52. The molecule has 0 aliphatic carbocycles. The maximum absolute atomic E-state index is 12.7. The third-order valence-corrected chi connectivity index (χ3v) is 6.57. The van der Waals surface area contributed by atoms with Crippen molar-refractivity contribution in [2.45, 2.75) is 12.5 Å². The van der Waals surface area contributed by atoms with E-state index in [0.29, 0.717) is 23.7 Å². The van der Waals surface area contributed by atoms with Gasteiger partial charge in [-0.25, -0.2) is 13.4 Å². The molecular weight excluding hydrogens is 392 g/mol. The number of ether oxygens (including phenoxy) is 1. The summed E-state index contributed by atoms with van der Waals surface area (Å²) in [5, 5.41) is 7.17. The van der Waals surface area contributed by atoms with E-state index in [2.05, 4.69) is 15.4 Å². The highest BCUT2D eigenvalue weighted by Crippen LogP contribution is 2.31. The maximum Gasteiger partial charge on any atom is 0.277 e. The van der Waals surface area contributed by atoms with Gasteiger partial charge in [-0.15, -0.1) is 0 Å². The molecule has 3 heterocycles. The van der Waals surface area contributed by atoms with E-state index in [4.69, 9.17) is 4.74 Å². The predicted octanol–water partition coefficient (Wildman–Crippen LogP) is 2.57. The zero-order chi connectivity index (χ0) is 20.4. The zero-order valence-corrected chi connectivity index (χ0v) is 16.6. The highest BCUT2D eigenvalue weighted by atomic mass is 32.2. The lowest BCUT2D eigenvalue weighted by Gasteiger charge is -2.13. The molecule has 1 aromatic carbocycles. The Hall–Kier alpha value is -3.20. The molecule has 0 saturated carbocycles. The van der Waals surface area contributed by atoms with Crippen LogP contribution in [-0.2, 0) is 9.84 Å². The first-order valence-corrected chi connectivity index (χ1v) is 10.9. The Morgan fingerprint density at radius 2 is 2.00 bits per heavy atom. The molecular formula is C20H20N4O4S. The lowest BCUT2D eigenvalue weighted by atomic mass is 10.1. The van der Waals surface area contributed by atoms with Crippen molar-refractivity contribution in [2.75, 3.05) is 23.9 Å². The van der Waals surface area contributed by atoms with Gasteiger partial charge in [-0.2, -0.15) is 5.10 Å². The second-order valence-electron chi connectivity index (χ2n) is 6.81. The van der Waals surface area contributed by atoms with Crippen molar-refractivity contribution in [3.05, 3.63) is 60.4 Å². The molecule has 1 aliphatic heterocycles. The highest BCUT2D eigenvalue weighted by Gasteiger charge is 2.32. The van der Waals surface area contributed by atoms with E-state index >= 15 is 0 Å². The van der Waals surface area contributed by atoms with Crippen molar-refractivity contribution < 1.29 is 17.9 Å². The Morgan fingerprint density at radius 1 is 1.21 bits per heavy atom. The van der Waals surface area contributed by atoms with Crippen LogP contribution in [0.3, 0.4) is 0 Å². The Bertz CT molecular complexity index is 1130. The number of nitrogens with one attached hydrogen (secondary N) is 1. The van der Waals surface area contributed by atoms with Crippen LogP contribution in [-0.4, -0.2) is 47.7 Å². The summed E-state index contributed by atoms with van der Waals surface area (Å²) in [6.07, 6.45) is 2.05. The fourth-order valence-electron chi connectivity index (χ4n) is 3.35. The third kappa shape index (κ3) is 4.14. The summed E-state index contributed by atoms with van der Waals surface area (Å²) < 4.78 is 30.8. The maximum atomic E-state index is 12.7. The Labute approximate surface area is 168 Å². The van der Waals surface area contributed by atoms with Crippen molar-refractivity contribution in [2.24, 2.45) is 0 Å². The minimum atomic E-state index is -3.10. The molecule has 3 aromatic rings. The quantitative estimate of drug-likeness (QED) is 0.691. The van der Waals surface area contributed by atoms with Crippen molar-refractivity contribution >= 4 is 21.6 Å². The number of methoxy groups -OCH3 is 1. The number of carbonyl (C=O) groups is 1. The van der Waals surface area contributed by atoms with Crippen LogP contribution in [0.15, 0.2) is 54.7 Å². The predicted molar refractivity (Wildman–Crippen MR) is 109 cm³/mol. The van der Waals surface area contributed by atoms with Crippen molar-refractivity contribution in [1.29, 1.82) is 0 Å². The van der Waals surface area contributed by atoms with Crippen LogP contribution in [0.4, 0.5) is 5.82 Å². The van der Waals surface area contributed by atoms with E-state index < -0.39 is 15.7 Å². The minimum absolute atomic E-state index is 0.0130. The number of hydrogen-bond donors (Lipinski definition) is 1. The van der Waals surface area contributed by atoms with Gasteiger partial charge < -0.3 is 10.1 Å². The molecule has 1 N–H and O–H groups in total. The van der Waals surface area contributed by atoms with E-state index in [9.17, 15) is 13.2 Å². The topological polar surface area (TPSA) is 103 Å². The molecule has 1 atom stereocenters. The molecule has 1 unspecified atom stereocenters. The number of sulfone groups is 1. The molecule has 2 aromatic heterocycles. The molecule has 1 fully saturated rings. The number of amides is 1. The fourth-order valence-corrected chi connectivity index (χ4v) is 5.04. The van der Waals surface area contributed by atoms with Gasteiger partial charge in [0.05, 0.1) is 30.4 Å². The number of pyridine rings is 1. The summed E-state index contributed by atoms with van der Waals surface area (Å²) in [6, 6.07) is 13.9. The molecule has 29 heavy (non-hydrogen) atoms. The van der Waals surface area contributed by atoms with E-state index in [1.807, 2.05) is 24.3 Å². The normalized spacial score (nSPS) is 17.8. The molecule has 150 valence electrons. The number of nitrogens with zero attached hydrogens (tertiary/aromatic N) is 3. The second kappa shape index (κ2) is 7.67. The number of carbonyl (C=O) groups excluding carboxylic acids is 1. The van der Waals surface area contributed by atoms with Crippen molar-refractivity contribution in [3.63, 3.8) is 0 Å². The Kier molecular flexibility index (Phi) is 5.06. The molecule has 9 heteroatoms. The van der Waals surface area contributed by atoms with Crippen LogP contribution in [0.5, 0.6) is 5.75 Å². The van der Waals surface area contributed by atoms with Crippen molar-refractivity contribution in [3.8, 4) is 17.0 Å². The molecule has 1 saturated heterocycles. The summed E-state index contributed by atoms with van der Waals surface area (Å²) in [5.74, 6) is 0.852. The van der Waals surface area contributed by atoms with E-state index in [-0.39, 0.29) is 23.2 Å². The summed E-state index contributed by atoms with van der Waals surface area (Å²) in [4.78, 5) is 16.8. The van der Waals surface area contributed by atoms with Crippen LogP contribution >= 0.6 is 0 Å². The first-order chi connectivity index (χ1) is 13.9. The second-order valence-corrected chi connectivity index (χ2v) is 9.04. The van der Waals surface area contributed by atoms with E-state index in [0.717, 1.165) is 5.56 Å². The van der Waals surface area contributed by atoms with Gasteiger partial charge in [0.15, 0.2) is 15.5 Å². The first-order valence-electron chi connectivity index (χ1n) is 9.12. The van der Waals surface area contributed by atoms with Crippen LogP contribution in [0.2, 0.25) is 0 Å². The number of anilines is 1. The average Bonchev–Trinajstić information content (AvgIpc) is 3.32. The van der Waals surface area contributed by atoms with Crippen LogP contribution in [0.25, 0.3) is 11.3 Å². The third-order valence-electron chi connectivity index (χ3n) is 4.81. The Morgan fingerprint density at radius 3 is 2.62 bits per heavy atom. The molecule has 1 amide bonds. The lowest BCUT2D eigenvalue weighted by Crippen LogP contribution is -2.17. The van der Waals surface area contributed by atoms with Crippen LogP contribution < -0.4 is 10.1 Å². The number of aromatic nitrogens is 3. The molecule has 1 aliphatic rings. The Balaban J connectivity index is 1.70. The SMILES string of the molecule is COc1ccc(-c2cc(C(=O)Nc3ccccn3)nn2C2CCS(=O)(=O)C2)cc1. The van der Waals surface area contributed by atoms with Gasteiger partial charge in [-0.3, -0.25) is 9.48 Å². The van der Waals surface area contributed by atoms with Gasteiger partial charge in [0, 0.05) is 11.8 Å². The lowest BCUT2D eigenvalue weighted by molar-refractivity contribution is 0.102. The standard InChI is InChI=1S/C20H20N4O4S/c1-28-16-7-5-14(6-8-16)18-12-17(20(25)22-19-4-2-3-10-21-19)23-24(18)15-9-11-29(26,27)13-15/h2-8,10,12,15H,9,11,13H2,1H3,(H,21,22,25). The summed E-state index contributed by atoms with van der Waals surface area (Å²) >= 11 is 0. The van der Waals surface area contributed by atoms with E-state index in [1.54, 1.807) is 42.3 Å². The average molecular weight is 412 g/mol. The highest BCUT2D eigenvalue weighted by molar-refractivity contribution is 7.91. The van der Waals surface area contributed by atoms with Gasteiger partial charge in [0.1, 0.15) is 11.6 Å². The number of hydrogen-bond acceptors (Lipinski definition) is 6. The zero-order valence-electron chi connectivity index (χ0n) is 15.8. The molecule has 4 rings (SSSR count). The van der Waals surface area contributed by atoms with Crippen molar-refractivity contribution in [1.82, 2.24) is 14.8 Å². The van der Waals surface area contributed by atoms with Gasteiger partial charge in [0.2, 0.25) is 0 Å². The first kappa shape index (κ1) is 19.1. The fraction of sp³-hybridized carbons (Fsp3) is 0.250. The summed E-state index contributed by atoms with van der Waals surface area (Å²) in [5.41, 5.74) is 1.70. The number of benzene rings is 1. The van der Waals surface area contributed by atoms with Gasteiger partial charge in [-0.1, -0.05) is 6.07 Å². The monoisotopic (exact) mass is 412 g/mol. The van der Waals surface area contributed by atoms with Gasteiger partial charge in [0.25, 0.3) is 5.91 Å². The van der Waals surface area contributed by atoms with Gasteiger partial charge >= 0.3 is 0 Å². The van der Waals surface area contributed by atoms with E-state index in [1.165, 1.54) is 0 Å². The van der Waals surface area contributed by atoms with Gasteiger partial charge in [-0.05, 0) is 48.9 Å². The molecule has 0 bridgehead atoms.